The number of carboxylic acids is 1. The largest absolute Gasteiger partial charge is 0.478 e. The number of nitrogens with zero attached hydrogens (tertiary/aromatic N) is 1. The molecule has 0 unspecified atom stereocenters. The van der Waals surface area contributed by atoms with Crippen LogP contribution >= 0.6 is 0 Å². The number of ether oxygens (including phenoxy) is 1. The van der Waals surface area contributed by atoms with Gasteiger partial charge in [0.2, 0.25) is 5.88 Å². The van der Waals surface area contributed by atoms with Crippen LogP contribution in [0.1, 0.15) is 10.4 Å². The zero-order chi connectivity index (χ0) is 13.1. The molecule has 92 valence electrons. The predicted molar refractivity (Wildman–Crippen MR) is 62.7 cm³/mol. The van der Waals surface area contributed by atoms with E-state index in [4.69, 9.17) is 15.6 Å². The molecule has 4 N–H and O–H groups in total. The lowest BCUT2D eigenvalue weighted by Gasteiger charge is -2.06. The second kappa shape index (κ2) is 4.58. The van der Waals surface area contributed by atoms with Crippen molar-refractivity contribution in [1.29, 1.82) is 0 Å². The number of rotatable bonds is 3. The summed E-state index contributed by atoms with van der Waals surface area (Å²) in [6.45, 7) is 0. The van der Waals surface area contributed by atoms with E-state index in [9.17, 15) is 9.59 Å². The van der Waals surface area contributed by atoms with Crippen molar-refractivity contribution in [1.82, 2.24) is 9.97 Å². The van der Waals surface area contributed by atoms with E-state index in [1.807, 2.05) is 0 Å². The Bertz CT molecular complexity index is 633. The number of aromatic nitrogens is 2. The van der Waals surface area contributed by atoms with Gasteiger partial charge in [0.25, 0.3) is 5.56 Å². The summed E-state index contributed by atoms with van der Waals surface area (Å²) >= 11 is 0. The first kappa shape index (κ1) is 11.6. The third-order valence-electron chi connectivity index (χ3n) is 2.17. The zero-order valence-electron chi connectivity index (χ0n) is 9.08. The van der Waals surface area contributed by atoms with Crippen LogP contribution in [0.3, 0.4) is 0 Å². The molecule has 0 aliphatic carbocycles. The van der Waals surface area contributed by atoms with Crippen molar-refractivity contribution >= 4 is 11.7 Å². The first-order valence-corrected chi connectivity index (χ1v) is 4.92. The van der Waals surface area contributed by atoms with E-state index < -0.39 is 11.5 Å². The minimum Gasteiger partial charge on any atom is -0.478 e. The van der Waals surface area contributed by atoms with Crippen LogP contribution < -0.4 is 16.0 Å². The van der Waals surface area contributed by atoms with Crippen LogP contribution in [0.4, 0.5) is 5.69 Å². The molecule has 1 aromatic carbocycles. The fourth-order valence-electron chi connectivity index (χ4n) is 1.25. The van der Waals surface area contributed by atoms with Gasteiger partial charge in [-0.1, -0.05) is 0 Å². The van der Waals surface area contributed by atoms with Gasteiger partial charge in [0, 0.05) is 0 Å². The van der Waals surface area contributed by atoms with E-state index in [0.717, 1.165) is 0 Å². The normalized spacial score (nSPS) is 10.0. The number of anilines is 1. The van der Waals surface area contributed by atoms with E-state index in [1.54, 1.807) is 0 Å². The first-order valence-electron chi connectivity index (χ1n) is 4.92. The minimum atomic E-state index is -1.03. The minimum absolute atomic E-state index is 0.0261. The van der Waals surface area contributed by atoms with Crippen molar-refractivity contribution in [3.05, 3.63) is 46.5 Å². The number of carbonyl (C=O) groups is 1. The van der Waals surface area contributed by atoms with Crippen molar-refractivity contribution in [2.24, 2.45) is 0 Å². The fraction of sp³-hybridized carbons (Fsp3) is 0. The van der Waals surface area contributed by atoms with E-state index in [0.29, 0.717) is 5.75 Å². The molecule has 2 rings (SSSR count). The predicted octanol–water partition coefficient (Wildman–Crippen LogP) is 0.843. The number of carboxylic acid groups (broad SMARTS) is 1. The highest BCUT2D eigenvalue weighted by Crippen LogP contribution is 2.22. The van der Waals surface area contributed by atoms with E-state index in [2.05, 4.69) is 9.97 Å². The van der Waals surface area contributed by atoms with Crippen LogP contribution in [-0.2, 0) is 0 Å². The van der Waals surface area contributed by atoms with Crippen LogP contribution in [0.25, 0.3) is 0 Å². The summed E-state index contributed by atoms with van der Waals surface area (Å²) in [6.07, 6.45) is 1.17. The van der Waals surface area contributed by atoms with Gasteiger partial charge in [0.05, 0.1) is 11.9 Å². The van der Waals surface area contributed by atoms with Gasteiger partial charge in [0.15, 0.2) is 5.69 Å². The third-order valence-corrected chi connectivity index (χ3v) is 2.17. The second-order valence-electron chi connectivity index (χ2n) is 3.38. The van der Waals surface area contributed by atoms with Crippen LogP contribution in [0.2, 0.25) is 0 Å². The Hall–Kier alpha value is -2.83. The molecule has 0 amide bonds. The number of nitrogens with one attached hydrogen (secondary N) is 1. The molecule has 0 spiro atoms. The van der Waals surface area contributed by atoms with Crippen LogP contribution in [0, 0.1) is 0 Å². The van der Waals surface area contributed by atoms with Crippen LogP contribution in [0.5, 0.6) is 11.6 Å². The molecule has 7 heteroatoms. The molecule has 18 heavy (non-hydrogen) atoms. The number of nitrogens with two attached hydrogens (primary N) is 1. The number of nitrogen functional groups attached to an aromatic ring is 1. The number of aromatic amines is 1. The summed E-state index contributed by atoms with van der Waals surface area (Å²) in [4.78, 5) is 27.9. The molecule has 0 bridgehead atoms. The van der Waals surface area contributed by atoms with Crippen molar-refractivity contribution in [3.8, 4) is 11.6 Å². The molecule has 0 aliphatic rings. The second-order valence-corrected chi connectivity index (χ2v) is 3.38. The van der Waals surface area contributed by atoms with E-state index in [-0.39, 0.29) is 17.1 Å². The Morgan fingerprint density at radius 3 is 2.61 bits per heavy atom. The van der Waals surface area contributed by atoms with Gasteiger partial charge < -0.3 is 20.6 Å². The van der Waals surface area contributed by atoms with Crippen molar-refractivity contribution < 1.29 is 14.6 Å². The molecule has 0 saturated carbocycles. The highest BCUT2D eigenvalue weighted by Gasteiger charge is 2.08. The van der Waals surface area contributed by atoms with Gasteiger partial charge in [-0.2, -0.15) is 0 Å². The molecule has 0 radical (unpaired) electrons. The molecule has 7 nitrogen and oxygen atoms in total. The highest BCUT2D eigenvalue weighted by molar-refractivity contribution is 5.87. The Balaban J connectivity index is 2.26. The average molecular weight is 247 g/mol. The summed E-state index contributed by atoms with van der Waals surface area (Å²) < 4.78 is 5.28. The number of hydrogen-bond donors (Lipinski definition) is 3. The molecular weight excluding hydrogens is 238 g/mol. The van der Waals surface area contributed by atoms with Crippen molar-refractivity contribution in [2.45, 2.75) is 0 Å². The van der Waals surface area contributed by atoms with Crippen LogP contribution in [0.15, 0.2) is 35.4 Å². The van der Waals surface area contributed by atoms with Gasteiger partial charge in [0.1, 0.15) is 5.75 Å². The smallest absolute Gasteiger partial charge is 0.335 e. The molecule has 1 aromatic heterocycles. The quantitative estimate of drug-likeness (QED) is 0.739. The Labute approximate surface area is 101 Å². The van der Waals surface area contributed by atoms with Gasteiger partial charge >= 0.3 is 5.97 Å². The van der Waals surface area contributed by atoms with E-state index in [1.165, 1.54) is 30.6 Å². The topological polar surface area (TPSA) is 118 Å². The third kappa shape index (κ3) is 2.29. The summed E-state index contributed by atoms with van der Waals surface area (Å²) in [7, 11) is 0. The molecule has 1 heterocycles. The maximum atomic E-state index is 11.2. The van der Waals surface area contributed by atoms with Gasteiger partial charge in [-0.15, -0.1) is 0 Å². The summed E-state index contributed by atoms with van der Waals surface area (Å²) in [5, 5.41) is 8.73. The zero-order valence-corrected chi connectivity index (χ0v) is 9.08. The number of H-pyrrole nitrogens is 1. The lowest BCUT2D eigenvalue weighted by molar-refractivity contribution is 0.0697. The molecular formula is C11H9N3O4. The fourth-order valence-corrected chi connectivity index (χ4v) is 1.25. The summed E-state index contributed by atoms with van der Waals surface area (Å²) in [5.41, 5.74) is 4.98. The maximum absolute atomic E-state index is 11.2. The average Bonchev–Trinajstić information content (AvgIpc) is 2.36. The number of aromatic carboxylic acids is 1. The maximum Gasteiger partial charge on any atom is 0.335 e. The highest BCUT2D eigenvalue weighted by atomic mass is 16.5. The molecule has 0 atom stereocenters. The van der Waals surface area contributed by atoms with Gasteiger partial charge in [-0.3, -0.25) is 4.79 Å². The van der Waals surface area contributed by atoms with E-state index >= 15 is 0 Å². The van der Waals surface area contributed by atoms with Crippen molar-refractivity contribution in [3.63, 3.8) is 0 Å². The van der Waals surface area contributed by atoms with Gasteiger partial charge in [-0.25, -0.2) is 9.78 Å². The number of hydrogen-bond acceptors (Lipinski definition) is 5. The molecule has 0 saturated heterocycles. The monoisotopic (exact) mass is 247 g/mol. The Morgan fingerprint density at radius 2 is 2.00 bits per heavy atom. The summed E-state index contributed by atoms with van der Waals surface area (Å²) in [6, 6.07) is 5.65. The first-order chi connectivity index (χ1) is 8.58. The lowest BCUT2D eigenvalue weighted by atomic mass is 10.2. The SMILES string of the molecule is Nc1c(Oc2ccc(C(=O)O)cc2)nc[nH]c1=O. The molecule has 2 aromatic rings. The number of benzene rings is 1. The Morgan fingerprint density at radius 1 is 1.33 bits per heavy atom. The van der Waals surface area contributed by atoms with Crippen LogP contribution in [-0.4, -0.2) is 21.0 Å². The standard InChI is InChI=1S/C11H9N3O4/c12-8-9(15)13-5-14-10(8)18-7-3-1-6(2-4-7)11(16)17/h1-5H,12H2,(H,16,17)(H,13,14,15). The summed E-state index contributed by atoms with van der Waals surface area (Å²) in [5.74, 6) is -0.720. The molecule has 0 aliphatic heterocycles. The van der Waals surface area contributed by atoms with Crippen molar-refractivity contribution in [2.75, 3.05) is 5.73 Å². The van der Waals surface area contributed by atoms with Gasteiger partial charge in [-0.05, 0) is 24.3 Å². The molecule has 0 fully saturated rings. The Kier molecular flexibility index (Phi) is 2.96. The lowest BCUT2D eigenvalue weighted by Crippen LogP contribution is -2.13.